The molecule has 1 aromatic rings. The van der Waals surface area contributed by atoms with Gasteiger partial charge in [-0.05, 0) is 25.8 Å². The molecule has 0 saturated carbocycles. The first-order valence-corrected chi connectivity index (χ1v) is 8.48. The first-order chi connectivity index (χ1) is 11.9. The van der Waals surface area contributed by atoms with E-state index in [1.54, 1.807) is 0 Å². The molecule has 1 aliphatic rings. The lowest BCUT2D eigenvalue weighted by molar-refractivity contribution is -0.138. The van der Waals surface area contributed by atoms with E-state index in [-0.39, 0.29) is 37.2 Å². The van der Waals surface area contributed by atoms with Crippen LogP contribution < -0.4 is 10.6 Å². The third kappa shape index (κ3) is 5.56. The molecule has 1 atom stereocenters. The second-order valence-corrected chi connectivity index (χ2v) is 6.37. The van der Waals surface area contributed by atoms with Gasteiger partial charge in [-0.3, -0.25) is 14.5 Å². The quantitative estimate of drug-likeness (QED) is 0.509. The SMILES string of the molecule is Cc1cc(C)cc(C(O)CNC(=O)NCCCN2C(=O)CCC2=O)c1. The Kier molecular flexibility index (Phi) is 6.52. The average Bonchev–Trinajstić information content (AvgIpc) is 2.87. The molecule has 1 unspecified atom stereocenters. The molecule has 1 heterocycles. The Morgan fingerprint density at radius 3 is 2.32 bits per heavy atom. The normalized spacial score (nSPS) is 15.4. The molecule has 1 aromatic carbocycles. The van der Waals surface area contributed by atoms with Crippen LogP contribution in [-0.4, -0.2) is 47.5 Å². The maximum Gasteiger partial charge on any atom is 0.314 e. The number of hydrogen-bond acceptors (Lipinski definition) is 4. The molecular formula is C18H25N3O4. The third-order valence-corrected chi connectivity index (χ3v) is 4.08. The number of hydrogen-bond donors (Lipinski definition) is 3. The van der Waals surface area contributed by atoms with Crippen molar-refractivity contribution in [3.05, 3.63) is 34.9 Å². The van der Waals surface area contributed by atoms with Gasteiger partial charge < -0.3 is 15.7 Å². The number of amides is 4. The van der Waals surface area contributed by atoms with E-state index in [0.717, 1.165) is 16.7 Å². The molecule has 0 radical (unpaired) electrons. The molecule has 2 rings (SSSR count). The first-order valence-electron chi connectivity index (χ1n) is 8.48. The summed E-state index contributed by atoms with van der Waals surface area (Å²) in [6, 6.07) is 5.41. The van der Waals surface area contributed by atoms with Gasteiger partial charge in [0.2, 0.25) is 11.8 Å². The van der Waals surface area contributed by atoms with Gasteiger partial charge in [-0.15, -0.1) is 0 Å². The molecule has 0 aromatic heterocycles. The van der Waals surface area contributed by atoms with Gasteiger partial charge in [-0.25, -0.2) is 4.79 Å². The van der Waals surface area contributed by atoms with Crippen LogP contribution in [0, 0.1) is 13.8 Å². The second-order valence-electron chi connectivity index (χ2n) is 6.37. The van der Waals surface area contributed by atoms with Crippen LogP contribution in [0.25, 0.3) is 0 Å². The predicted octanol–water partition coefficient (Wildman–Crippen LogP) is 1.18. The van der Waals surface area contributed by atoms with Crippen LogP contribution in [0.15, 0.2) is 18.2 Å². The number of aliphatic hydroxyl groups excluding tert-OH is 1. The van der Waals surface area contributed by atoms with E-state index in [9.17, 15) is 19.5 Å². The molecule has 1 fully saturated rings. The molecule has 25 heavy (non-hydrogen) atoms. The van der Waals surface area contributed by atoms with Crippen LogP contribution in [0.3, 0.4) is 0 Å². The van der Waals surface area contributed by atoms with Crippen molar-refractivity contribution < 1.29 is 19.5 Å². The highest BCUT2D eigenvalue weighted by atomic mass is 16.3. The topological polar surface area (TPSA) is 98.7 Å². The number of carbonyl (C=O) groups excluding carboxylic acids is 3. The highest BCUT2D eigenvalue weighted by Crippen LogP contribution is 2.16. The minimum atomic E-state index is -0.774. The highest BCUT2D eigenvalue weighted by molar-refractivity contribution is 6.01. The third-order valence-electron chi connectivity index (χ3n) is 4.08. The van der Waals surface area contributed by atoms with Crippen molar-refractivity contribution in [2.45, 2.75) is 39.2 Å². The van der Waals surface area contributed by atoms with Crippen molar-refractivity contribution in [1.82, 2.24) is 15.5 Å². The fraction of sp³-hybridized carbons (Fsp3) is 0.500. The summed E-state index contributed by atoms with van der Waals surface area (Å²) in [5.41, 5.74) is 2.89. The number of urea groups is 1. The van der Waals surface area contributed by atoms with Crippen LogP contribution in [0.2, 0.25) is 0 Å². The van der Waals surface area contributed by atoms with Gasteiger partial charge >= 0.3 is 6.03 Å². The fourth-order valence-corrected chi connectivity index (χ4v) is 2.88. The Morgan fingerprint density at radius 2 is 1.72 bits per heavy atom. The van der Waals surface area contributed by atoms with Gasteiger partial charge in [0.25, 0.3) is 0 Å². The lowest BCUT2D eigenvalue weighted by Crippen LogP contribution is -2.39. The van der Waals surface area contributed by atoms with Crippen LogP contribution in [0.4, 0.5) is 4.79 Å². The van der Waals surface area contributed by atoms with Crippen molar-refractivity contribution in [1.29, 1.82) is 0 Å². The molecule has 0 aliphatic carbocycles. The summed E-state index contributed by atoms with van der Waals surface area (Å²) in [5, 5.41) is 15.4. The second kappa shape index (κ2) is 8.62. The van der Waals surface area contributed by atoms with E-state index in [0.29, 0.717) is 19.5 Å². The number of benzene rings is 1. The molecule has 0 spiro atoms. The van der Waals surface area contributed by atoms with E-state index in [2.05, 4.69) is 10.6 Å². The summed E-state index contributed by atoms with van der Waals surface area (Å²) in [6.07, 6.45) is 0.292. The Morgan fingerprint density at radius 1 is 1.12 bits per heavy atom. The molecule has 1 saturated heterocycles. The minimum absolute atomic E-state index is 0.109. The zero-order valence-corrected chi connectivity index (χ0v) is 14.7. The Hall–Kier alpha value is -2.41. The van der Waals surface area contributed by atoms with Crippen LogP contribution >= 0.6 is 0 Å². The summed E-state index contributed by atoms with van der Waals surface area (Å²) in [4.78, 5) is 35.9. The van der Waals surface area contributed by atoms with Crippen molar-refractivity contribution in [3.8, 4) is 0 Å². The molecule has 4 amide bonds. The van der Waals surface area contributed by atoms with Crippen molar-refractivity contribution in [2.75, 3.05) is 19.6 Å². The molecule has 7 nitrogen and oxygen atoms in total. The molecule has 1 aliphatic heterocycles. The summed E-state index contributed by atoms with van der Waals surface area (Å²) in [6.45, 7) is 4.70. The maximum absolute atomic E-state index is 11.8. The van der Waals surface area contributed by atoms with Crippen LogP contribution in [-0.2, 0) is 9.59 Å². The first kappa shape index (κ1) is 18.9. The maximum atomic E-state index is 11.8. The highest BCUT2D eigenvalue weighted by Gasteiger charge is 2.27. The van der Waals surface area contributed by atoms with E-state index in [4.69, 9.17) is 0 Å². The smallest absolute Gasteiger partial charge is 0.314 e. The molecule has 3 N–H and O–H groups in total. The molecule has 136 valence electrons. The van der Waals surface area contributed by atoms with Crippen LogP contribution in [0.5, 0.6) is 0 Å². The molecule has 0 bridgehead atoms. The summed E-state index contributed by atoms with van der Waals surface area (Å²) in [5.74, 6) is -0.294. The average molecular weight is 347 g/mol. The van der Waals surface area contributed by atoms with E-state index < -0.39 is 6.10 Å². The number of imide groups is 1. The van der Waals surface area contributed by atoms with Crippen molar-refractivity contribution in [2.24, 2.45) is 0 Å². The van der Waals surface area contributed by atoms with Gasteiger partial charge in [0.05, 0.1) is 6.10 Å². The number of aryl methyl sites for hydroxylation is 2. The number of carbonyl (C=O) groups is 3. The number of nitrogens with zero attached hydrogens (tertiary/aromatic N) is 1. The van der Waals surface area contributed by atoms with E-state index >= 15 is 0 Å². The molecular weight excluding hydrogens is 322 g/mol. The zero-order chi connectivity index (χ0) is 18.4. The van der Waals surface area contributed by atoms with Gasteiger partial charge in [-0.1, -0.05) is 29.3 Å². The van der Waals surface area contributed by atoms with Gasteiger partial charge in [0.15, 0.2) is 0 Å². The number of likely N-dealkylation sites (tertiary alicyclic amines) is 1. The predicted molar refractivity (Wildman–Crippen MR) is 92.8 cm³/mol. The van der Waals surface area contributed by atoms with Gasteiger partial charge in [0.1, 0.15) is 0 Å². The standard InChI is InChI=1S/C18H25N3O4/c1-12-8-13(2)10-14(9-12)15(22)11-20-18(25)19-6-3-7-21-16(23)4-5-17(21)24/h8-10,15,22H,3-7,11H2,1-2H3,(H2,19,20,25). The molecule has 7 heteroatoms. The largest absolute Gasteiger partial charge is 0.387 e. The Bertz CT molecular complexity index is 623. The minimum Gasteiger partial charge on any atom is -0.387 e. The number of rotatable bonds is 7. The number of aliphatic hydroxyl groups is 1. The Labute approximate surface area is 147 Å². The lowest BCUT2D eigenvalue weighted by atomic mass is 10.0. The van der Waals surface area contributed by atoms with Crippen molar-refractivity contribution in [3.63, 3.8) is 0 Å². The van der Waals surface area contributed by atoms with Gasteiger partial charge in [-0.2, -0.15) is 0 Å². The monoisotopic (exact) mass is 347 g/mol. The number of nitrogens with one attached hydrogen (secondary N) is 2. The van der Waals surface area contributed by atoms with E-state index in [1.165, 1.54) is 4.90 Å². The summed E-state index contributed by atoms with van der Waals surface area (Å²) in [7, 11) is 0. The van der Waals surface area contributed by atoms with E-state index in [1.807, 2.05) is 32.0 Å². The Balaban J connectivity index is 1.66. The summed E-state index contributed by atoms with van der Waals surface area (Å²) >= 11 is 0. The van der Waals surface area contributed by atoms with Gasteiger partial charge in [0, 0.05) is 32.5 Å². The summed E-state index contributed by atoms with van der Waals surface area (Å²) < 4.78 is 0. The van der Waals surface area contributed by atoms with Crippen molar-refractivity contribution >= 4 is 17.8 Å². The fourth-order valence-electron chi connectivity index (χ4n) is 2.88. The lowest BCUT2D eigenvalue weighted by Gasteiger charge is -2.15. The zero-order valence-electron chi connectivity index (χ0n) is 14.7. The van der Waals surface area contributed by atoms with Crippen LogP contribution in [0.1, 0.15) is 42.1 Å².